The summed E-state index contributed by atoms with van der Waals surface area (Å²) in [6.07, 6.45) is 6.30. The van der Waals surface area contributed by atoms with Crippen LogP contribution in [-0.2, 0) is 0 Å². The van der Waals surface area contributed by atoms with Gasteiger partial charge in [-0.05, 0) is 43.4 Å². The van der Waals surface area contributed by atoms with E-state index in [2.05, 4.69) is 0 Å². The zero-order valence-corrected chi connectivity index (χ0v) is 9.70. The van der Waals surface area contributed by atoms with E-state index in [-0.39, 0.29) is 11.5 Å². The molecule has 1 fully saturated rings. The molecule has 1 aromatic carbocycles. The lowest BCUT2D eigenvalue weighted by Crippen LogP contribution is -2.05. The minimum atomic E-state index is -0.0762. The first-order chi connectivity index (χ1) is 7.68. The van der Waals surface area contributed by atoms with E-state index >= 15 is 0 Å². The number of hydrogen-bond donors (Lipinski definition) is 1. The van der Waals surface area contributed by atoms with Crippen molar-refractivity contribution in [2.75, 3.05) is 0 Å². The maximum Gasteiger partial charge on any atom is 0.163 e. The van der Waals surface area contributed by atoms with Crippen LogP contribution in [-0.4, -0.2) is 10.9 Å². The molecule has 0 atom stereocenters. The zero-order chi connectivity index (χ0) is 11.5. The minimum absolute atomic E-state index is 0.0762. The first-order valence-electron chi connectivity index (χ1n) is 6.02. The van der Waals surface area contributed by atoms with E-state index in [0.717, 1.165) is 0 Å². The molecule has 0 aliphatic heterocycles. The van der Waals surface area contributed by atoms with Crippen molar-refractivity contribution in [3.8, 4) is 5.75 Å². The second-order valence-corrected chi connectivity index (χ2v) is 4.67. The number of aromatic hydroxyl groups is 1. The Morgan fingerprint density at radius 3 is 2.50 bits per heavy atom. The molecule has 2 nitrogen and oxygen atoms in total. The average molecular weight is 218 g/mol. The predicted molar refractivity (Wildman–Crippen MR) is 63.9 cm³/mol. The lowest BCUT2D eigenvalue weighted by Gasteiger charge is -2.22. The molecule has 0 heterocycles. The highest BCUT2D eigenvalue weighted by Gasteiger charge is 2.17. The monoisotopic (exact) mass is 218 g/mol. The van der Waals surface area contributed by atoms with Crippen LogP contribution in [0, 0.1) is 0 Å². The molecule has 0 spiro atoms. The van der Waals surface area contributed by atoms with Crippen LogP contribution < -0.4 is 0 Å². The van der Waals surface area contributed by atoms with E-state index < -0.39 is 0 Å². The van der Waals surface area contributed by atoms with Gasteiger partial charge in [-0.15, -0.1) is 0 Å². The van der Waals surface area contributed by atoms with Gasteiger partial charge in [0.25, 0.3) is 0 Å². The van der Waals surface area contributed by atoms with E-state index in [4.69, 9.17) is 0 Å². The van der Waals surface area contributed by atoms with Gasteiger partial charge in [-0.2, -0.15) is 0 Å². The van der Waals surface area contributed by atoms with Crippen LogP contribution in [0.3, 0.4) is 0 Å². The molecule has 0 amide bonds. The Morgan fingerprint density at radius 2 is 1.94 bits per heavy atom. The molecule has 2 rings (SSSR count). The van der Waals surface area contributed by atoms with E-state index in [0.29, 0.717) is 11.5 Å². The number of hydrogen-bond acceptors (Lipinski definition) is 2. The highest BCUT2D eigenvalue weighted by atomic mass is 16.3. The maximum absolute atomic E-state index is 11.2. The number of ketones is 1. The van der Waals surface area contributed by atoms with Crippen molar-refractivity contribution < 1.29 is 9.90 Å². The van der Waals surface area contributed by atoms with Crippen LogP contribution in [0.2, 0.25) is 0 Å². The Balaban J connectivity index is 2.23. The van der Waals surface area contributed by atoms with Gasteiger partial charge in [0.05, 0.1) is 5.56 Å². The van der Waals surface area contributed by atoms with Crippen molar-refractivity contribution in [2.24, 2.45) is 0 Å². The Morgan fingerprint density at radius 1 is 1.25 bits per heavy atom. The predicted octanol–water partition coefficient (Wildman–Crippen LogP) is 3.64. The molecule has 16 heavy (non-hydrogen) atoms. The number of carbonyl (C=O) groups excluding carboxylic acids is 1. The zero-order valence-electron chi connectivity index (χ0n) is 9.70. The quantitative estimate of drug-likeness (QED) is 0.769. The first-order valence-corrected chi connectivity index (χ1v) is 6.02. The summed E-state index contributed by atoms with van der Waals surface area (Å²) < 4.78 is 0. The lowest BCUT2D eigenvalue weighted by molar-refractivity contribution is 0.101. The topological polar surface area (TPSA) is 37.3 Å². The summed E-state index contributed by atoms with van der Waals surface area (Å²) in [5.74, 6) is 0.629. The molecule has 2 heteroatoms. The second-order valence-electron chi connectivity index (χ2n) is 4.67. The summed E-state index contributed by atoms with van der Waals surface area (Å²) >= 11 is 0. The Hall–Kier alpha value is -1.31. The fourth-order valence-corrected chi connectivity index (χ4v) is 2.54. The van der Waals surface area contributed by atoms with E-state index in [9.17, 15) is 9.90 Å². The van der Waals surface area contributed by atoms with Gasteiger partial charge in [-0.3, -0.25) is 4.79 Å². The fourth-order valence-electron chi connectivity index (χ4n) is 2.54. The van der Waals surface area contributed by atoms with Gasteiger partial charge in [0.15, 0.2) is 5.78 Å². The number of phenols is 1. The molecule has 0 saturated heterocycles. The highest BCUT2D eigenvalue weighted by molar-refractivity contribution is 5.96. The molecule has 86 valence electrons. The summed E-state index contributed by atoms with van der Waals surface area (Å²) in [6, 6.07) is 5.51. The van der Waals surface area contributed by atoms with Gasteiger partial charge in [-0.1, -0.05) is 25.3 Å². The smallest absolute Gasteiger partial charge is 0.163 e. The van der Waals surface area contributed by atoms with Gasteiger partial charge in [-0.25, -0.2) is 0 Å². The third-order valence-corrected chi connectivity index (χ3v) is 3.48. The molecule has 1 N–H and O–H groups in total. The van der Waals surface area contributed by atoms with Crippen molar-refractivity contribution in [1.82, 2.24) is 0 Å². The first kappa shape index (κ1) is 11.2. The van der Waals surface area contributed by atoms with Crippen molar-refractivity contribution in [1.29, 1.82) is 0 Å². The molecule has 1 aliphatic carbocycles. The summed E-state index contributed by atoms with van der Waals surface area (Å²) in [6.45, 7) is 1.48. The Bertz CT molecular complexity index is 390. The largest absolute Gasteiger partial charge is 0.507 e. The molecule has 0 unspecified atom stereocenters. The van der Waals surface area contributed by atoms with Gasteiger partial charge in [0, 0.05) is 0 Å². The van der Waals surface area contributed by atoms with Gasteiger partial charge in [0.2, 0.25) is 0 Å². The molecule has 1 saturated carbocycles. The van der Waals surface area contributed by atoms with Crippen LogP contribution >= 0.6 is 0 Å². The molecular weight excluding hydrogens is 200 g/mol. The number of rotatable bonds is 2. The Kier molecular flexibility index (Phi) is 3.28. The maximum atomic E-state index is 11.2. The highest BCUT2D eigenvalue weighted by Crippen LogP contribution is 2.34. The van der Waals surface area contributed by atoms with E-state index in [1.54, 1.807) is 12.1 Å². The molecular formula is C14H18O2. The molecule has 0 bridgehead atoms. The van der Waals surface area contributed by atoms with Crippen LogP contribution in [0.15, 0.2) is 18.2 Å². The number of Topliss-reactive ketones (excluding diaryl/α,β-unsaturated/α-hetero) is 1. The van der Waals surface area contributed by atoms with Crippen molar-refractivity contribution in [2.45, 2.75) is 44.9 Å². The number of phenolic OH excluding ortho intramolecular Hbond substituents is 1. The van der Waals surface area contributed by atoms with Crippen LogP contribution in [0.1, 0.15) is 60.9 Å². The average Bonchev–Trinajstić information content (AvgIpc) is 2.29. The lowest BCUT2D eigenvalue weighted by atomic mass is 9.83. The fraction of sp³-hybridized carbons (Fsp3) is 0.500. The summed E-state index contributed by atoms with van der Waals surface area (Å²) in [5.41, 5.74) is 1.61. The summed E-state index contributed by atoms with van der Waals surface area (Å²) in [4.78, 5) is 11.2. The molecule has 0 radical (unpaired) electrons. The van der Waals surface area contributed by atoms with Crippen LogP contribution in [0.5, 0.6) is 5.75 Å². The van der Waals surface area contributed by atoms with E-state index in [1.807, 2.05) is 6.07 Å². The van der Waals surface area contributed by atoms with Crippen LogP contribution in [0.4, 0.5) is 0 Å². The Labute approximate surface area is 96.3 Å². The third-order valence-electron chi connectivity index (χ3n) is 3.48. The third kappa shape index (κ3) is 2.26. The minimum Gasteiger partial charge on any atom is -0.507 e. The molecule has 0 aromatic heterocycles. The van der Waals surface area contributed by atoms with Crippen molar-refractivity contribution in [3.63, 3.8) is 0 Å². The summed E-state index contributed by atoms with van der Waals surface area (Å²) in [7, 11) is 0. The van der Waals surface area contributed by atoms with Crippen LogP contribution in [0.25, 0.3) is 0 Å². The molecule has 1 aliphatic rings. The van der Waals surface area contributed by atoms with Gasteiger partial charge < -0.3 is 5.11 Å². The van der Waals surface area contributed by atoms with Crippen molar-refractivity contribution in [3.05, 3.63) is 29.3 Å². The second kappa shape index (κ2) is 4.69. The molecule has 1 aromatic rings. The normalized spacial score (nSPS) is 17.3. The number of carbonyl (C=O) groups is 1. The SMILES string of the molecule is CC(=O)c1ccc(C2CCCCC2)cc1O. The van der Waals surface area contributed by atoms with Crippen molar-refractivity contribution >= 4 is 5.78 Å². The number of benzene rings is 1. The van der Waals surface area contributed by atoms with E-state index in [1.165, 1.54) is 44.6 Å². The van der Waals surface area contributed by atoms with Gasteiger partial charge >= 0.3 is 0 Å². The van der Waals surface area contributed by atoms with Gasteiger partial charge in [0.1, 0.15) is 5.75 Å². The summed E-state index contributed by atoms with van der Waals surface area (Å²) in [5, 5.41) is 9.77. The standard InChI is InChI=1S/C14H18O2/c1-10(15)13-8-7-12(9-14(13)16)11-5-3-2-4-6-11/h7-9,11,16H,2-6H2,1H3.